The molecule has 0 amide bonds. The molecule has 4 heteroatoms. The molecule has 0 N–H and O–H groups in total. The number of esters is 1. The number of ketones is 2. The Bertz CT molecular complexity index is 825. The molecule has 3 fully saturated rings. The van der Waals surface area contributed by atoms with E-state index in [1.807, 2.05) is 19.9 Å². The molecule has 3 saturated carbocycles. The van der Waals surface area contributed by atoms with Crippen LogP contribution in [0, 0.1) is 40.4 Å². The van der Waals surface area contributed by atoms with Gasteiger partial charge in [0.1, 0.15) is 0 Å². The van der Waals surface area contributed by atoms with Gasteiger partial charge in [0, 0.05) is 18.3 Å². The first-order valence-corrected chi connectivity index (χ1v) is 12.4. The van der Waals surface area contributed by atoms with Gasteiger partial charge in [0.2, 0.25) is 0 Å². The van der Waals surface area contributed by atoms with Crippen molar-refractivity contribution in [3.8, 4) is 0 Å². The van der Waals surface area contributed by atoms with Crippen molar-refractivity contribution in [1.82, 2.24) is 0 Å². The molecular weight excluding hydrogens is 388 g/mol. The lowest BCUT2D eigenvalue weighted by Crippen LogP contribution is -2.59. The van der Waals surface area contributed by atoms with Crippen molar-refractivity contribution >= 4 is 17.5 Å². The van der Waals surface area contributed by atoms with Gasteiger partial charge in [-0.15, -0.1) is 0 Å². The van der Waals surface area contributed by atoms with E-state index < -0.39 is 5.60 Å². The highest BCUT2D eigenvalue weighted by molar-refractivity contribution is 5.92. The fourth-order valence-corrected chi connectivity index (χ4v) is 8.37. The van der Waals surface area contributed by atoms with Crippen LogP contribution in [0.1, 0.15) is 92.9 Å². The molecule has 4 nitrogen and oxygen atoms in total. The Balaban J connectivity index is 1.68. The summed E-state index contributed by atoms with van der Waals surface area (Å²) < 4.78 is 6.15. The minimum atomic E-state index is -0.975. The van der Waals surface area contributed by atoms with E-state index in [-0.39, 0.29) is 34.3 Å². The van der Waals surface area contributed by atoms with E-state index >= 15 is 0 Å². The SMILES string of the molecule is CC(=O)[C@@]1(OC(=O)CC(C)C)CC[C@H]2[C@@H]3C[C@H](C)C4=CC(=O)CC[C@]4(C)[C@H]3CC[C@@]21C. The van der Waals surface area contributed by atoms with Crippen LogP contribution in [0.3, 0.4) is 0 Å². The summed E-state index contributed by atoms with van der Waals surface area (Å²) >= 11 is 0. The quantitative estimate of drug-likeness (QED) is 0.540. The first-order valence-electron chi connectivity index (χ1n) is 12.4. The largest absolute Gasteiger partial charge is 0.450 e. The van der Waals surface area contributed by atoms with Gasteiger partial charge in [-0.2, -0.15) is 0 Å². The summed E-state index contributed by atoms with van der Waals surface area (Å²) in [5.41, 5.74) is 0.187. The average Bonchev–Trinajstić information content (AvgIpc) is 2.96. The molecule has 172 valence electrons. The lowest BCUT2D eigenvalue weighted by atomic mass is 9.44. The molecule has 4 rings (SSSR count). The third-order valence-corrected chi connectivity index (χ3v) is 9.83. The molecule has 0 heterocycles. The summed E-state index contributed by atoms with van der Waals surface area (Å²) in [6.45, 7) is 12.5. The third-order valence-electron chi connectivity index (χ3n) is 9.83. The molecule has 31 heavy (non-hydrogen) atoms. The van der Waals surface area contributed by atoms with Crippen LogP contribution in [0.15, 0.2) is 11.6 Å². The molecule has 0 spiro atoms. The Morgan fingerprint density at radius 1 is 1.13 bits per heavy atom. The van der Waals surface area contributed by atoms with Crippen molar-refractivity contribution < 1.29 is 19.1 Å². The molecule has 0 saturated heterocycles. The number of ether oxygens (including phenoxy) is 1. The number of fused-ring (bicyclic) bond motifs is 5. The summed E-state index contributed by atoms with van der Waals surface area (Å²) in [4.78, 5) is 38.0. The van der Waals surface area contributed by atoms with Crippen LogP contribution in [0.4, 0.5) is 0 Å². The van der Waals surface area contributed by atoms with Crippen LogP contribution in [0.25, 0.3) is 0 Å². The predicted molar refractivity (Wildman–Crippen MR) is 120 cm³/mol. The molecule has 0 aromatic rings. The predicted octanol–water partition coefficient (Wildman–Crippen LogP) is 5.68. The van der Waals surface area contributed by atoms with Gasteiger partial charge in [-0.25, -0.2) is 0 Å². The van der Waals surface area contributed by atoms with Crippen LogP contribution in [-0.2, 0) is 19.1 Å². The fourth-order valence-electron chi connectivity index (χ4n) is 8.37. The van der Waals surface area contributed by atoms with Crippen molar-refractivity contribution in [2.24, 2.45) is 40.4 Å². The molecule has 0 aromatic carbocycles. The number of rotatable bonds is 4. The van der Waals surface area contributed by atoms with Crippen LogP contribution in [0.2, 0.25) is 0 Å². The van der Waals surface area contributed by atoms with Crippen LogP contribution >= 0.6 is 0 Å². The van der Waals surface area contributed by atoms with Gasteiger partial charge in [-0.1, -0.05) is 40.2 Å². The zero-order valence-corrected chi connectivity index (χ0v) is 20.3. The Kier molecular flexibility index (Phi) is 5.54. The van der Waals surface area contributed by atoms with E-state index in [0.29, 0.717) is 42.9 Å². The van der Waals surface area contributed by atoms with Gasteiger partial charge >= 0.3 is 5.97 Å². The summed E-state index contributed by atoms with van der Waals surface area (Å²) in [5.74, 6) is 2.15. The van der Waals surface area contributed by atoms with Crippen LogP contribution in [0.5, 0.6) is 0 Å². The second-order valence-corrected chi connectivity index (χ2v) is 11.9. The highest BCUT2D eigenvalue weighted by atomic mass is 16.6. The normalized spacial score (nSPS) is 44.2. The van der Waals surface area contributed by atoms with E-state index in [9.17, 15) is 14.4 Å². The molecule has 0 aromatic heterocycles. The molecule has 4 aliphatic carbocycles. The van der Waals surface area contributed by atoms with E-state index in [0.717, 1.165) is 32.1 Å². The summed E-state index contributed by atoms with van der Waals surface area (Å²) in [7, 11) is 0. The van der Waals surface area contributed by atoms with Gasteiger partial charge in [0.05, 0.1) is 0 Å². The zero-order valence-electron chi connectivity index (χ0n) is 20.3. The molecule has 0 unspecified atom stereocenters. The van der Waals surface area contributed by atoms with Gasteiger partial charge in [0.15, 0.2) is 17.2 Å². The Labute approximate surface area is 187 Å². The number of carbonyl (C=O) groups excluding carboxylic acids is 3. The van der Waals surface area contributed by atoms with Gasteiger partial charge in [-0.05, 0) is 86.5 Å². The fraction of sp³-hybridized carbons (Fsp3) is 0.815. The standard InChI is InChI=1S/C27H40O4/c1-16(2)13-24(30)31-27(18(4)28)12-9-22-20-14-17(3)23-15-19(29)7-10-25(23,5)21(20)8-11-26(22,27)6/h15-17,20-22H,7-14H2,1-6H3/t17-,20+,21-,22-,25+,26-,27-/m0/s1. The molecule has 0 radical (unpaired) electrons. The van der Waals surface area contributed by atoms with E-state index in [4.69, 9.17) is 4.74 Å². The number of hydrogen-bond acceptors (Lipinski definition) is 4. The molecule has 0 bridgehead atoms. The number of Topliss-reactive ketones (excluding diaryl/α,β-unsaturated/α-hetero) is 1. The Hall–Kier alpha value is -1.45. The van der Waals surface area contributed by atoms with Gasteiger partial charge < -0.3 is 4.74 Å². The van der Waals surface area contributed by atoms with Crippen molar-refractivity contribution in [1.29, 1.82) is 0 Å². The summed E-state index contributed by atoms with van der Waals surface area (Å²) in [6, 6.07) is 0. The van der Waals surface area contributed by atoms with Crippen molar-refractivity contribution in [3.63, 3.8) is 0 Å². The Morgan fingerprint density at radius 2 is 1.81 bits per heavy atom. The zero-order chi connectivity index (χ0) is 22.8. The summed E-state index contributed by atoms with van der Waals surface area (Å²) in [5, 5.41) is 0. The maximum absolute atomic E-state index is 13.1. The van der Waals surface area contributed by atoms with Crippen molar-refractivity contribution in [2.45, 2.75) is 98.5 Å². The molecule has 0 aliphatic heterocycles. The second-order valence-electron chi connectivity index (χ2n) is 11.9. The third kappa shape index (κ3) is 3.26. The smallest absolute Gasteiger partial charge is 0.307 e. The molecule has 7 atom stereocenters. The van der Waals surface area contributed by atoms with Crippen molar-refractivity contribution in [2.75, 3.05) is 0 Å². The lowest BCUT2D eigenvalue weighted by Gasteiger charge is -2.60. The minimum absolute atomic E-state index is 0.0203. The maximum atomic E-state index is 13.1. The van der Waals surface area contributed by atoms with E-state index in [2.05, 4.69) is 20.8 Å². The highest BCUT2D eigenvalue weighted by Crippen LogP contribution is 2.69. The monoisotopic (exact) mass is 428 g/mol. The maximum Gasteiger partial charge on any atom is 0.307 e. The average molecular weight is 429 g/mol. The van der Waals surface area contributed by atoms with E-state index in [1.54, 1.807) is 6.92 Å². The number of allylic oxidation sites excluding steroid dienone is 1. The topological polar surface area (TPSA) is 60.4 Å². The minimum Gasteiger partial charge on any atom is -0.450 e. The number of hydrogen-bond donors (Lipinski definition) is 0. The lowest BCUT2D eigenvalue weighted by molar-refractivity contribution is -0.190. The molecular formula is C27H40O4. The van der Waals surface area contributed by atoms with Gasteiger partial charge in [-0.3, -0.25) is 14.4 Å². The van der Waals surface area contributed by atoms with Crippen LogP contribution in [-0.4, -0.2) is 23.1 Å². The first-order chi connectivity index (χ1) is 14.4. The highest BCUT2D eigenvalue weighted by Gasteiger charge is 2.68. The second kappa shape index (κ2) is 7.56. The first kappa shape index (κ1) is 22.7. The van der Waals surface area contributed by atoms with Gasteiger partial charge in [0.25, 0.3) is 0 Å². The van der Waals surface area contributed by atoms with Crippen molar-refractivity contribution in [3.05, 3.63) is 11.6 Å². The van der Waals surface area contributed by atoms with E-state index in [1.165, 1.54) is 5.57 Å². The summed E-state index contributed by atoms with van der Waals surface area (Å²) in [6.07, 6.45) is 8.57. The molecule has 4 aliphatic rings. The number of carbonyl (C=O) groups is 3. The Morgan fingerprint density at radius 3 is 2.45 bits per heavy atom. The van der Waals surface area contributed by atoms with Crippen LogP contribution < -0.4 is 0 Å².